The standard InChI is InChI=1S/C12H13BrN2OS/c1-2-17-6-5-15-8-14-11-7-9(13)3-4-10(11)12(15)16/h3-4,7-8H,2,5-6H2,1H3. The van der Waals surface area contributed by atoms with Crippen LogP contribution < -0.4 is 5.56 Å². The number of halogens is 1. The first-order chi connectivity index (χ1) is 8.22. The number of aromatic nitrogens is 2. The van der Waals surface area contributed by atoms with Crippen LogP contribution in [0.5, 0.6) is 0 Å². The third-order valence-electron chi connectivity index (χ3n) is 2.47. The number of rotatable bonds is 4. The van der Waals surface area contributed by atoms with Crippen molar-refractivity contribution in [2.24, 2.45) is 0 Å². The van der Waals surface area contributed by atoms with Gasteiger partial charge < -0.3 is 0 Å². The Labute approximate surface area is 112 Å². The lowest BCUT2D eigenvalue weighted by Crippen LogP contribution is -2.21. The SMILES string of the molecule is CCSCCn1cnc2cc(Br)ccc2c1=O. The molecule has 1 aromatic heterocycles. The maximum absolute atomic E-state index is 12.1. The van der Waals surface area contributed by atoms with E-state index < -0.39 is 0 Å². The molecule has 17 heavy (non-hydrogen) atoms. The molecule has 90 valence electrons. The normalized spacial score (nSPS) is 10.9. The molecule has 0 amide bonds. The van der Waals surface area contributed by atoms with E-state index in [2.05, 4.69) is 27.8 Å². The second-order valence-electron chi connectivity index (χ2n) is 3.60. The van der Waals surface area contributed by atoms with E-state index in [0.29, 0.717) is 5.39 Å². The molecular weight excluding hydrogens is 300 g/mol. The lowest BCUT2D eigenvalue weighted by Gasteiger charge is -2.05. The van der Waals surface area contributed by atoms with Gasteiger partial charge in [0.1, 0.15) is 0 Å². The van der Waals surface area contributed by atoms with E-state index in [1.807, 2.05) is 30.0 Å². The second kappa shape index (κ2) is 5.69. The van der Waals surface area contributed by atoms with Gasteiger partial charge in [-0.1, -0.05) is 22.9 Å². The average molecular weight is 313 g/mol. The van der Waals surface area contributed by atoms with E-state index in [1.165, 1.54) is 0 Å². The van der Waals surface area contributed by atoms with E-state index in [4.69, 9.17) is 0 Å². The molecule has 1 aromatic carbocycles. The van der Waals surface area contributed by atoms with E-state index in [1.54, 1.807) is 10.9 Å². The summed E-state index contributed by atoms with van der Waals surface area (Å²) in [4.78, 5) is 16.4. The lowest BCUT2D eigenvalue weighted by molar-refractivity contribution is 0.725. The van der Waals surface area contributed by atoms with Crippen LogP contribution >= 0.6 is 27.7 Å². The first-order valence-electron chi connectivity index (χ1n) is 5.45. The zero-order chi connectivity index (χ0) is 12.3. The molecule has 5 heteroatoms. The number of hydrogen-bond donors (Lipinski definition) is 0. The van der Waals surface area contributed by atoms with Gasteiger partial charge in [-0.15, -0.1) is 0 Å². The second-order valence-corrected chi connectivity index (χ2v) is 5.91. The van der Waals surface area contributed by atoms with Crippen molar-refractivity contribution >= 4 is 38.6 Å². The summed E-state index contributed by atoms with van der Waals surface area (Å²) >= 11 is 5.20. The summed E-state index contributed by atoms with van der Waals surface area (Å²) in [6, 6.07) is 5.55. The smallest absolute Gasteiger partial charge is 0.261 e. The number of nitrogens with zero attached hydrogens (tertiary/aromatic N) is 2. The van der Waals surface area contributed by atoms with Crippen LogP contribution in [0.4, 0.5) is 0 Å². The molecule has 0 saturated heterocycles. The summed E-state index contributed by atoms with van der Waals surface area (Å²) in [6.45, 7) is 2.83. The van der Waals surface area contributed by atoms with Gasteiger partial charge in [-0.3, -0.25) is 9.36 Å². The Bertz CT molecular complexity index is 582. The zero-order valence-electron chi connectivity index (χ0n) is 9.52. The van der Waals surface area contributed by atoms with Crippen LogP contribution in [0.2, 0.25) is 0 Å². The lowest BCUT2D eigenvalue weighted by atomic mass is 10.2. The largest absolute Gasteiger partial charge is 0.298 e. The number of hydrogen-bond acceptors (Lipinski definition) is 3. The highest BCUT2D eigenvalue weighted by Crippen LogP contribution is 2.14. The maximum Gasteiger partial charge on any atom is 0.261 e. The van der Waals surface area contributed by atoms with Crippen molar-refractivity contribution in [2.75, 3.05) is 11.5 Å². The van der Waals surface area contributed by atoms with Gasteiger partial charge in [0.25, 0.3) is 5.56 Å². The Morgan fingerprint density at radius 1 is 1.47 bits per heavy atom. The molecular formula is C12H13BrN2OS. The number of aryl methyl sites for hydroxylation is 1. The fourth-order valence-electron chi connectivity index (χ4n) is 1.60. The summed E-state index contributed by atoms with van der Waals surface area (Å²) < 4.78 is 2.62. The van der Waals surface area contributed by atoms with Gasteiger partial charge in [-0.2, -0.15) is 11.8 Å². The van der Waals surface area contributed by atoms with Crippen LogP contribution in [-0.2, 0) is 6.54 Å². The molecule has 0 saturated carbocycles. The average Bonchev–Trinajstić information content (AvgIpc) is 2.32. The van der Waals surface area contributed by atoms with Crippen molar-refractivity contribution < 1.29 is 0 Å². The third kappa shape index (κ3) is 2.90. The quantitative estimate of drug-likeness (QED) is 0.814. The van der Waals surface area contributed by atoms with Crippen molar-refractivity contribution in [3.05, 3.63) is 39.4 Å². The summed E-state index contributed by atoms with van der Waals surface area (Å²) in [6.07, 6.45) is 1.63. The molecule has 0 bridgehead atoms. The molecule has 0 spiro atoms. The van der Waals surface area contributed by atoms with E-state index in [-0.39, 0.29) is 5.56 Å². The molecule has 0 aliphatic rings. The summed E-state index contributed by atoms with van der Waals surface area (Å²) in [7, 11) is 0. The Balaban J connectivity index is 2.37. The van der Waals surface area contributed by atoms with Gasteiger partial charge >= 0.3 is 0 Å². The topological polar surface area (TPSA) is 34.9 Å². The third-order valence-corrected chi connectivity index (χ3v) is 3.84. The van der Waals surface area contributed by atoms with Gasteiger partial charge in [0, 0.05) is 16.8 Å². The van der Waals surface area contributed by atoms with Gasteiger partial charge in [0.2, 0.25) is 0 Å². The Morgan fingerprint density at radius 2 is 2.29 bits per heavy atom. The van der Waals surface area contributed by atoms with Crippen LogP contribution in [0, 0.1) is 0 Å². The highest BCUT2D eigenvalue weighted by molar-refractivity contribution is 9.10. The number of benzene rings is 1. The Morgan fingerprint density at radius 3 is 3.06 bits per heavy atom. The Kier molecular flexibility index (Phi) is 4.23. The monoisotopic (exact) mass is 312 g/mol. The van der Waals surface area contributed by atoms with Gasteiger partial charge in [-0.05, 0) is 24.0 Å². The predicted molar refractivity (Wildman–Crippen MR) is 76.7 cm³/mol. The fourth-order valence-corrected chi connectivity index (χ4v) is 2.56. The molecule has 2 rings (SSSR count). The molecule has 2 aromatic rings. The molecule has 0 N–H and O–H groups in total. The van der Waals surface area contributed by atoms with Gasteiger partial charge in [0.15, 0.2) is 0 Å². The first-order valence-corrected chi connectivity index (χ1v) is 7.39. The van der Waals surface area contributed by atoms with Gasteiger partial charge in [0.05, 0.1) is 17.2 Å². The minimum atomic E-state index is 0.0409. The van der Waals surface area contributed by atoms with Crippen molar-refractivity contribution in [1.82, 2.24) is 9.55 Å². The van der Waals surface area contributed by atoms with Crippen molar-refractivity contribution in [2.45, 2.75) is 13.5 Å². The van der Waals surface area contributed by atoms with E-state index in [0.717, 1.165) is 28.0 Å². The van der Waals surface area contributed by atoms with Crippen LogP contribution in [0.15, 0.2) is 33.8 Å². The molecule has 3 nitrogen and oxygen atoms in total. The minimum Gasteiger partial charge on any atom is -0.298 e. The molecule has 1 heterocycles. The van der Waals surface area contributed by atoms with Crippen LogP contribution in [0.3, 0.4) is 0 Å². The summed E-state index contributed by atoms with van der Waals surface area (Å²) in [5.74, 6) is 2.02. The molecule has 0 aliphatic heterocycles. The summed E-state index contributed by atoms with van der Waals surface area (Å²) in [5, 5.41) is 0.678. The van der Waals surface area contributed by atoms with E-state index in [9.17, 15) is 4.79 Å². The highest BCUT2D eigenvalue weighted by Gasteiger charge is 2.03. The molecule has 0 radical (unpaired) electrons. The van der Waals surface area contributed by atoms with E-state index >= 15 is 0 Å². The molecule has 0 fully saturated rings. The van der Waals surface area contributed by atoms with Crippen LogP contribution in [-0.4, -0.2) is 21.1 Å². The Hall–Kier alpha value is -0.810. The first kappa shape index (κ1) is 12.6. The van der Waals surface area contributed by atoms with Gasteiger partial charge in [-0.25, -0.2) is 4.98 Å². The van der Waals surface area contributed by atoms with Crippen molar-refractivity contribution in [1.29, 1.82) is 0 Å². The molecule has 0 atom stereocenters. The predicted octanol–water partition coefficient (Wildman–Crippen LogP) is 2.91. The number of fused-ring (bicyclic) bond motifs is 1. The number of thioether (sulfide) groups is 1. The fraction of sp³-hybridized carbons (Fsp3) is 0.333. The maximum atomic E-state index is 12.1. The molecule has 0 unspecified atom stereocenters. The minimum absolute atomic E-state index is 0.0409. The highest BCUT2D eigenvalue weighted by atomic mass is 79.9. The van der Waals surface area contributed by atoms with Crippen LogP contribution in [0.1, 0.15) is 6.92 Å². The van der Waals surface area contributed by atoms with Crippen LogP contribution in [0.25, 0.3) is 10.9 Å². The van der Waals surface area contributed by atoms with Crippen molar-refractivity contribution in [3.63, 3.8) is 0 Å². The van der Waals surface area contributed by atoms with Crippen molar-refractivity contribution in [3.8, 4) is 0 Å². The molecule has 0 aliphatic carbocycles. The zero-order valence-corrected chi connectivity index (χ0v) is 11.9. The summed E-state index contributed by atoms with van der Waals surface area (Å²) in [5.41, 5.74) is 0.781.